The van der Waals surface area contributed by atoms with Gasteiger partial charge in [0.2, 0.25) is 0 Å². The average molecular weight is 326 g/mol. The van der Waals surface area contributed by atoms with E-state index in [1.54, 1.807) is 0 Å². The molecule has 126 valence electrons. The predicted molar refractivity (Wildman–Crippen MR) is 92.6 cm³/mol. The molecule has 0 amide bonds. The van der Waals surface area contributed by atoms with Crippen molar-refractivity contribution >= 4 is 11.7 Å². The van der Waals surface area contributed by atoms with E-state index in [-0.39, 0.29) is 6.04 Å². The Hall–Kier alpha value is -2.37. The lowest BCUT2D eigenvalue weighted by atomic mass is 9.98. The monoisotopic (exact) mass is 326 g/mol. The highest BCUT2D eigenvalue weighted by molar-refractivity contribution is 5.78. The minimum absolute atomic E-state index is 0.101. The second kappa shape index (κ2) is 7.95. The Morgan fingerprint density at radius 2 is 1.75 bits per heavy atom. The van der Waals surface area contributed by atoms with Crippen LogP contribution in [0.25, 0.3) is 0 Å². The molecule has 0 aliphatic carbocycles. The summed E-state index contributed by atoms with van der Waals surface area (Å²) < 4.78 is 0. The first-order valence-electron chi connectivity index (χ1n) is 8.20. The van der Waals surface area contributed by atoms with E-state index in [1.807, 2.05) is 65.6 Å². The molecule has 0 spiro atoms. The van der Waals surface area contributed by atoms with Crippen LogP contribution in [0.3, 0.4) is 0 Å². The van der Waals surface area contributed by atoms with Gasteiger partial charge in [-0.05, 0) is 30.5 Å². The van der Waals surface area contributed by atoms with Gasteiger partial charge in [0.05, 0.1) is 6.61 Å². The standard InChI is InChI=1S/C19H22N2O3/c22-19(23)18-12-11-16(13-21(18)17-9-5-2-6-10-17)20-24-14-15-7-3-1-4-8-15/h1-10,16,18,20H,11-14H2,(H,22,23)/t16-,18+/m1/s1. The first kappa shape index (κ1) is 16.5. The number of hydrogen-bond acceptors (Lipinski definition) is 4. The van der Waals surface area contributed by atoms with Gasteiger partial charge in [-0.1, -0.05) is 48.5 Å². The van der Waals surface area contributed by atoms with Gasteiger partial charge in [0.25, 0.3) is 0 Å². The third kappa shape index (κ3) is 4.13. The molecule has 1 aliphatic rings. The van der Waals surface area contributed by atoms with E-state index < -0.39 is 12.0 Å². The lowest BCUT2D eigenvalue weighted by molar-refractivity contribution is -0.139. The molecule has 2 atom stereocenters. The number of nitrogens with one attached hydrogen (secondary N) is 1. The largest absolute Gasteiger partial charge is 0.480 e. The molecule has 0 unspecified atom stereocenters. The van der Waals surface area contributed by atoms with Crippen LogP contribution in [0.15, 0.2) is 60.7 Å². The van der Waals surface area contributed by atoms with Crippen LogP contribution in [-0.4, -0.2) is 29.7 Å². The topological polar surface area (TPSA) is 61.8 Å². The molecule has 1 fully saturated rings. The zero-order valence-electron chi connectivity index (χ0n) is 13.5. The summed E-state index contributed by atoms with van der Waals surface area (Å²) in [6.45, 7) is 1.10. The first-order chi connectivity index (χ1) is 11.7. The van der Waals surface area contributed by atoms with Gasteiger partial charge >= 0.3 is 5.97 Å². The number of nitrogens with zero attached hydrogens (tertiary/aromatic N) is 1. The number of para-hydroxylation sites is 1. The van der Waals surface area contributed by atoms with Gasteiger partial charge in [-0.2, -0.15) is 5.48 Å². The van der Waals surface area contributed by atoms with Gasteiger partial charge in [0.15, 0.2) is 0 Å². The fourth-order valence-corrected chi connectivity index (χ4v) is 3.05. The summed E-state index contributed by atoms with van der Waals surface area (Å²) >= 11 is 0. The number of anilines is 1. The summed E-state index contributed by atoms with van der Waals surface area (Å²) in [4.78, 5) is 19.1. The lowest BCUT2D eigenvalue weighted by Crippen LogP contribution is -2.53. The zero-order valence-corrected chi connectivity index (χ0v) is 13.5. The van der Waals surface area contributed by atoms with E-state index in [9.17, 15) is 9.90 Å². The predicted octanol–water partition coefficient (Wildman–Crippen LogP) is 2.83. The van der Waals surface area contributed by atoms with Crippen molar-refractivity contribution in [2.45, 2.75) is 31.5 Å². The Morgan fingerprint density at radius 3 is 2.42 bits per heavy atom. The molecule has 2 aromatic rings. The minimum Gasteiger partial charge on any atom is -0.480 e. The van der Waals surface area contributed by atoms with E-state index in [0.717, 1.165) is 17.7 Å². The molecular weight excluding hydrogens is 304 g/mol. The van der Waals surface area contributed by atoms with Crippen molar-refractivity contribution in [2.24, 2.45) is 0 Å². The molecule has 3 rings (SSSR count). The number of piperidine rings is 1. The van der Waals surface area contributed by atoms with Gasteiger partial charge in [-0.15, -0.1) is 0 Å². The van der Waals surface area contributed by atoms with Crippen molar-refractivity contribution in [1.82, 2.24) is 5.48 Å². The van der Waals surface area contributed by atoms with Crippen molar-refractivity contribution in [3.63, 3.8) is 0 Å². The summed E-state index contributed by atoms with van der Waals surface area (Å²) in [5, 5.41) is 9.49. The van der Waals surface area contributed by atoms with E-state index >= 15 is 0 Å². The third-order valence-corrected chi connectivity index (χ3v) is 4.29. The van der Waals surface area contributed by atoms with Crippen molar-refractivity contribution in [2.75, 3.05) is 11.4 Å². The van der Waals surface area contributed by atoms with Crippen molar-refractivity contribution < 1.29 is 14.7 Å². The molecule has 0 bridgehead atoms. The van der Waals surface area contributed by atoms with Crippen LogP contribution in [0.1, 0.15) is 18.4 Å². The zero-order chi connectivity index (χ0) is 16.8. The van der Waals surface area contributed by atoms with Gasteiger partial charge in [-0.25, -0.2) is 4.79 Å². The Morgan fingerprint density at radius 1 is 1.08 bits per heavy atom. The second-order valence-electron chi connectivity index (χ2n) is 6.01. The van der Waals surface area contributed by atoms with Crippen LogP contribution in [-0.2, 0) is 16.2 Å². The Balaban J connectivity index is 1.59. The summed E-state index contributed by atoms with van der Waals surface area (Å²) in [6, 6.07) is 19.3. The average Bonchev–Trinajstić information content (AvgIpc) is 2.63. The highest BCUT2D eigenvalue weighted by Gasteiger charge is 2.33. The van der Waals surface area contributed by atoms with Gasteiger partial charge in [-0.3, -0.25) is 4.84 Å². The maximum atomic E-state index is 11.6. The fourth-order valence-electron chi connectivity index (χ4n) is 3.05. The molecule has 1 saturated heterocycles. The maximum absolute atomic E-state index is 11.6. The highest BCUT2D eigenvalue weighted by Crippen LogP contribution is 2.25. The van der Waals surface area contributed by atoms with E-state index in [1.165, 1.54) is 0 Å². The van der Waals surface area contributed by atoms with Crippen molar-refractivity contribution in [3.05, 3.63) is 66.2 Å². The summed E-state index contributed by atoms with van der Waals surface area (Å²) in [5.41, 5.74) is 5.13. The van der Waals surface area contributed by atoms with Gasteiger partial charge < -0.3 is 10.0 Å². The lowest BCUT2D eigenvalue weighted by Gasteiger charge is -2.39. The van der Waals surface area contributed by atoms with Crippen LogP contribution in [0.2, 0.25) is 0 Å². The van der Waals surface area contributed by atoms with Gasteiger partial charge in [0.1, 0.15) is 6.04 Å². The van der Waals surface area contributed by atoms with Gasteiger partial charge in [0, 0.05) is 18.3 Å². The molecule has 5 nitrogen and oxygen atoms in total. The van der Waals surface area contributed by atoms with Crippen molar-refractivity contribution in [3.8, 4) is 0 Å². The molecule has 0 aromatic heterocycles. The molecular formula is C19H22N2O3. The maximum Gasteiger partial charge on any atom is 0.326 e. The fraction of sp³-hybridized carbons (Fsp3) is 0.316. The van der Waals surface area contributed by atoms with E-state index in [2.05, 4.69) is 5.48 Å². The van der Waals surface area contributed by atoms with Crippen molar-refractivity contribution in [1.29, 1.82) is 0 Å². The van der Waals surface area contributed by atoms with Crippen LogP contribution >= 0.6 is 0 Å². The Labute approximate surface area is 141 Å². The molecule has 0 radical (unpaired) electrons. The number of benzene rings is 2. The van der Waals surface area contributed by atoms with Crippen LogP contribution < -0.4 is 10.4 Å². The van der Waals surface area contributed by atoms with E-state index in [4.69, 9.17) is 4.84 Å². The third-order valence-electron chi connectivity index (χ3n) is 4.29. The number of aliphatic carboxylic acids is 1. The normalized spacial score (nSPS) is 20.8. The Kier molecular flexibility index (Phi) is 5.46. The molecule has 1 aliphatic heterocycles. The molecule has 0 saturated carbocycles. The van der Waals surface area contributed by atoms with Crippen LogP contribution in [0.4, 0.5) is 5.69 Å². The second-order valence-corrected chi connectivity index (χ2v) is 6.01. The number of hydroxylamine groups is 1. The molecule has 1 heterocycles. The SMILES string of the molecule is O=C(O)[C@@H]1CC[C@@H](NOCc2ccccc2)CN1c1ccccc1. The number of carboxylic acids is 1. The quantitative estimate of drug-likeness (QED) is 0.799. The summed E-state index contributed by atoms with van der Waals surface area (Å²) in [6.07, 6.45) is 1.37. The molecule has 2 aromatic carbocycles. The summed E-state index contributed by atoms with van der Waals surface area (Å²) in [5.74, 6) is -0.775. The van der Waals surface area contributed by atoms with Crippen LogP contribution in [0, 0.1) is 0 Å². The number of rotatable bonds is 6. The smallest absolute Gasteiger partial charge is 0.326 e. The highest BCUT2D eigenvalue weighted by atomic mass is 16.6. The molecule has 5 heteroatoms. The molecule has 24 heavy (non-hydrogen) atoms. The number of carboxylic acid groups (broad SMARTS) is 1. The molecule has 2 N–H and O–H groups in total. The number of hydrogen-bond donors (Lipinski definition) is 2. The summed E-state index contributed by atoms with van der Waals surface area (Å²) in [7, 11) is 0. The van der Waals surface area contributed by atoms with E-state index in [0.29, 0.717) is 19.6 Å². The Bertz CT molecular complexity index is 648. The van der Waals surface area contributed by atoms with Crippen LogP contribution in [0.5, 0.6) is 0 Å². The number of carbonyl (C=O) groups is 1. The minimum atomic E-state index is -0.775. The first-order valence-corrected chi connectivity index (χ1v) is 8.20.